The fraction of sp³-hybridized carbons (Fsp3) is 0.385. The van der Waals surface area contributed by atoms with Gasteiger partial charge >= 0.3 is 0 Å². The van der Waals surface area contributed by atoms with Crippen LogP contribution >= 0.6 is 0 Å². The third kappa shape index (κ3) is 3.51. The van der Waals surface area contributed by atoms with Crippen LogP contribution in [0.1, 0.15) is 6.92 Å². The van der Waals surface area contributed by atoms with Crippen LogP contribution < -0.4 is 10.6 Å². The second-order valence-corrected chi connectivity index (χ2v) is 4.47. The van der Waals surface area contributed by atoms with E-state index in [-0.39, 0.29) is 17.6 Å². The Kier molecular flexibility index (Phi) is 4.11. The summed E-state index contributed by atoms with van der Waals surface area (Å²) in [6.07, 6.45) is 0. The summed E-state index contributed by atoms with van der Waals surface area (Å²) in [5.41, 5.74) is 0.535. The summed E-state index contributed by atoms with van der Waals surface area (Å²) < 4.78 is 12.7. The molecule has 0 unspecified atom stereocenters. The average molecular weight is 265 g/mol. The molecule has 2 N–H and O–H groups in total. The lowest BCUT2D eigenvalue weighted by molar-refractivity contribution is -0.131. The molecule has 1 atom stereocenters. The maximum absolute atomic E-state index is 12.7. The first-order valence-electron chi connectivity index (χ1n) is 6.11. The zero-order valence-electron chi connectivity index (χ0n) is 10.6. The molecule has 0 saturated carbocycles. The summed E-state index contributed by atoms with van der Waals surface area (Å²) in [5, 5.41) is 5.75. The Balaban J connectivity index is 1.96. The Hall–Kier alpha value is -1.95. The van der Waals surface area contributed by atoms with Crippen molar-refractivity contribution in [1.29, 1.82) is 0 Å². The van der Waals surface area contributed by atoms with Gasteiger partial charge < -0.3 is 15.5 Å². The minimum atomic E-state index is -0.442. The summed E-state index contributed by atoms with van der Waals surface area (Å²) in [7, 11) is 0. The summed E-state index contributed by atoms with van der Waals surface area (Å²) in [4.78, 5) is 24.9. The standard InChI is InChI=1S/C13H16FN3O2/c1-9(18)17-7-6-15-12(8-17)13(19)16-11-4-2-10(14)3-5-11/h2-5,12,15H,6-8H2,1H3,(H,16,19)/t12-/m1/s1. The minimum Gasteiger partial charge on any atom is -0.340 e. The summed E-state index contributed by atoms with van der Waals surface area (Å²) in [6, 6.07) is 5.12. The van der Waals surface area contributed by atoms with Crippen molar-refractivity contribution >= 4 is 17.5 Å². The van der Waals surface area contributed by atoms with Crippen LogP contribution in [0, 0.1) is 5.82 Å². The van der Waals surface area contributed by atoms with E-state index in [0.717, 1.165) is 0 Å². The molecule has 1 aliphatic heterocycles. The van der Waals surface area contributed by atoms with Crippen LogP contribution in [0.15, 0.2) is 24.3 Å². The smallest absolute Gasteiger partial charge is 0.243 e. The van der Waals surface area contributed by atoms with Gasteiger partial charge in [0.15, 0.2) is 0 Å². The third-order valence-corrected chi connectivity index (χ3v) is 3.05. The summed E-state index contributed by atoms with van der Waals surface area (Å²) in [6.45, 7) is 3.03. The van der Waals surface area contributed by atoms with Gasteiger partial charge in [-0.3, -0.25) is 9.59 Å². The fourth-order valence-corrected chi connectivity index (χ4v) is 1.97. The van der Waals surface area contributed by atoms with Crippen LogP contribution in [-0.4, -0.2) is 42.4 Å². The van der Waals surface area contributed by atoms with Crippen molar-refractivity contribution in [2.75, 3.05) is 25.0 Å². The molecule has 1 fully saturated rings. The topological polar surface area (TPSA) is 61.4 Å². The van der Waals surface area contributed by atoms with E-state index in [1.54, 1.807) is 4.90 Å². The van der Waals surface area contributed by atoms with Gasteiger partial charge in [-0.25, -0.2) is 4.39 Å². The number of hydrogen-bond donors (Lipinski definition) is 2. The number of nitrogens with zero attached hydrogens (tertiary/aromatic N) is 1. The van der Waals surface area contributed by atoms with E-state index in [4.69, 9.17) is 0 Å². The lowest BCUT2D eigenvalue weighted by Crippen LogP contribution is -2.56. The zero-order chi connectivity index (χ0) is 13.8. The number of nitrogens with one attached hydrogen (secondary N) is 2. The van der Waals surface area contributed by atoms with Crippen molar-refractivity contribution in [3.05, 3.63) is 30.1 Å². The van der Waals surface area contributed by atoms with Crippen LogP contribution in [0.25, 0.3) is 0 Å². The first-order valence-corrected chi connectivity index (χ1v) is 6.11. The predicted octanol–water partition coefficient (Wildman–Crippen LogP) is 0.584. The van der Waals surface area contributed by atoms with Gasteiger partial charge in [0.05, 0.1) is 0 Å². The largest absolute Gasteiger partial charge is 0.340 e. The number of hydrogen-bond acceptors (Lipinski definition) is 3. The Morgan fingerprint density at radius 3 is 2.68 bits per heavy atom. The Morgan fingerprint density at radius 2 is 2.05 bits per heavy atom. The molecule has 0 bridgehead atoms. The fourth-order valence-electron chi connectivity index (χ4n) is 1.97. The molecule has 1 heterocycles. The number of amides is 2. The van der Waals surface area contributed by atoms with Gasteiger partial charge in [-0.15, -0.1) is 0 Å². The van der Waals surface area contributed by atoms with Gasteiger partial charge in [-0.1, -0.05) is 0 Å². The van der Waals surface area contributed by atoms with Crippen LogP contribution in [0.3, 0.4) is 0 Å². The van der Waals surface area contributed by atoms with E-state index in [1.807, 2.05) is 0 Å². The molecule has 1 aromatic carbocycles. The monoisotopic (exact) mass is 265 g/mol. The molecule has 102 valence electrons. The van der Waals surface area contributed by atoms with E-state index in [0.29, 0.717) is 25.3 Å². The van der Waals surface area contributed by atoms with Crippen molar-refractivity contribution in [3.63, 3.8) is 0 Å². The molecule has 1 aromatic rings. The molecule has 19 heavy (non-hydrogen) atoms. The van der Waals surface area contributed by atoms with Crippen molar-refractivity contribution < 1.29 is 14.0 Å². The lowest BCUT2D eigenvalue weighted by Gasteiger charge is -2.32. The second-order valence-electron chi connectivity index (χ2n) is 4.47. The molecule has 0 spiro atoms. The zero-order valence-corrected chi connectivity index (χ0v) is 10.6. The van der Waals surface area contributed by atoms with Crippen molar-refractivity contribution in [2.45, 2.75) is 13.0 Å². The highest BCUT2D eigenvalue weighted by Crippen LogP contribution is 2.09. The number of carbonyl (C=O) groups excluding carboxylic acids is 2. The number of anilines is 1. The number of rotatable bonds is 2. The van der Waals surface area contributed by atoms with E-state index in [1.165, 1.54) is 31.2 Å². The number of piperazine rings is 1. The van der Waals surface area contributed by atoms with Crippen LogP contribution in [0.5, 0.6) is 0 Å². The van der Waals surface area contributed by atoms with Gasteiger partial charge in [0.25, 0.3) is 0 Å². The third-order valence-electron chi connectivity index (χ3n) is 3.05. The first-order chi connectivity index (χ1) is 9.06. The van der Waals surface area contributed by atoms with Gasteiger partial charge in [0.1, 0.15) is 11.9 Å². The summed E-state index contributed by atoms with van der Waals surface area (Å²) >= 11 is 0. The highest BCUT2D eigenvalue weighted by molar-refractivity contribution is 5.95. The van der Waals surface area contributed by atoms with Gasteiger partial charge in [0, 0.05) is 32.2 Å². The highest BCUT2D eigenvalue weighted by Gasteiger charge is 2.26. The molecule has 1 aliphatic rings. The second kappa shape index (κ2) is 5.79. The quantitative estimate of drug-likeness (QED) is 0.822. The number of benzene rings is 1. The molecule has 0 aromatic heterocycles. The Morgan fingerprint density at radius 1 is 1.37 bits per heavy atom. The van der Waals surface area contributed by atoms with Gasteiger partial charge in [-0.2, -0.15) is 0 Å². The molecular formula is C13H16FN3O2. The molecular weight excluding hydrogens is 249 g/mol. The normalized spacial score (nSPS) is 19.1. The Labute approximate surface area is 110 Å². The molecule has 2 rings (SSSR count). The van der Waals surface area contributed by atoms with Crippen molar-refractivity contribution in [1.82, 2.24) is 10.2 Å². The Bertz CT molecular complexity index is 475. The minimum absolute atomic E-state index is 0.0407. The van der Waals surface area contributed by atoms with Crippen molar-refractivity contribution in [2.24, 2.45) is 0 Å². The molecule has 5 nitrogen and oxygen atoms in total. The molecule has 1 saturated heterocycles. The number of carbonyl (C=O) groups is 2. The molecule has 6 heteroatoms. The number of halogens is 1. The van der Waals surface area contributed by atoms with Gasteiger partial charge in [0.2, 0.25) is 11.8 Å². The lowest BCUT2D eigenvalue weighted by atomic mass is 10.2. The maximum Gasteiger partial charge on any atom is 0.243 e. The molecule has 0 radical (unpaired) electrons. The maximum atomic E-state index is 12.7. The van der Waals surface area contributed by atoms with E-state index in [9.17, 15) is 14.0 Å². The van der Waals surface area contributed by atoms with E-state index < -0.39 is 6.04 Å². The van der Waals surface area contributed by atoms with Crippen LogP contribution in [0.2, 0.25) is 0 Å². The SMILES string of the molecule is CC(=O)N1CCN[C@@H](C(=O)Nc2ccc(F)cc2)C1. The first kappa shape index (κ1) is 13.5. The van der Waals surface area contributed by atoms with Crippen molar-refractivity contribution in [3.8, 4) is 0 Å². The van der Waals surface area contributed by atoms with Crippen LogP contribution in [0.4, 0.5) is 10.1 Å². The molecule has 2 amide bonds. The highest BCUT2D eigenvalue weighted by atomic mass is 19.1. The van der Waals surface area contributed by atoms with E-state index in [2.05, 4.69) is 10.6 Å². The summed E-state index contributed by atoms with van der Waals surface area (Å²) in [5.74, 6) is -0.616. The predicted molar refractivity (Wildman–Crippen MR) is 69.1 cm³/mol. The van der Waals surface area contributed by atoms with E-state index >= 15 is 0 Å². The average Bonchev–Trinajstić information content (AvgIpc) is 2.41. The van der Waals surface area contributed by atoms with Gasteiger partial charge in [-0.05, 0) is 24.3 Å². The van der Waals surface area contributed by atoms with Crippen LogP contribution in [-0.2, 0) is 9.59 Å². The molecule has 0 aliphatic carbocycles.